The van der Waals surface area contributed by atoms with Gasteiger partial charge in [-0.1, -0.05) is 45.0 Å². The van der Waals surface area contributed by atoms with Gasteiger partial charge in [0.15, 0.2) is 0 Å². The molecule has 1 atom stereocenters. The van der Waals surface area contributed by atoms with Crippen LogP contribution in [0.25, 0.3) is 11.3 Å². The van der Waals surface area contributed by atoms with Gasteiger partial charge in [-0.3, -0.25) is 4.79 Å². The Morgan fingerprint density at radius 2 is 1.73 bits per heavy atom. The molecule has 41 heavy (non-hydrogen) atoms. The van der Waals surface area contributed by atoms with E-state index in [1.165, 1.54) is 12.1 Å². The van der Waals surface area contributed by atoms with E-state index in [0.29, 0.717) is 17.7 Å². The van der Waals surface area contributed by atoms with E-state index in [1.807, 2.05) is 36.9 Å². The number of aryl methyl sites for hydroxylation is 2. The molecular weight excluding hydrogens is 762 g/mol. The Morgan fingerprint density at radius 1 is 1.07 bits per heavy atom. The molecule has 4 bridgehead atoms. The van der Waals surface area contributed by atoms with E-state index in [9.17, 15) is 13.2 Å². The second-order valence-corrected chi connectivity index (χ2v) is 13.4. The van der Waals surface area contributed by atoms with Crippen molar-refractivity contribution in [1.29, 1.82) is 0 Å². The van der Waals surface area contributed by atoms with Crippen molar-refractivity contribution in [2.75, 3.05) is 11.3 Å². The molecular formula is C31H40N4O4SU. The van der Waals surface area contributed by atoms with Gasteiger partial charge in [0.1, 0.15) is 6.61 Å². The summed E-state index contributed by atoms with van der Waals surface area (Å²) in [5.41, 5.74) is 3.70. The summed E-state index contributed by atoms with van der Waals surface area (Å²) in [5.74, 6) is -0.0343. The van der Waals surface area contributed by atoms with Crippen LogP contribution in [0.5, 0.6) is 5.88 Å². The van der Waals surface area contributed by atoms with Gasteiger partial charge in [0.25, 0.3) is 15.9 Å². The van der Waals surface area contributed by atoms with Gasteiger partial charge in [0, 0.05) is 18.6 Å². The van der Waals surface area contributed by atoms with Gasteiger partial charge < -0.3 is 23.5 Å². The predicted molar refractivity (Wildman–Crippen MR) is 160 cm³/mol. The van der Waals surface area contributed by atoms with Gasteiger partial charge in [-0.25, -0.2) is 18.1 Å². The summed E-state index contributed by atoms with van der Waals surface area (Å²) in [6, 6.07) is 13.6. The summed E-state index contributed by atoms with van der Waals surface area (Å²) in [6.07, 6.45) is 4.44. The van der Waals surface area contributed by atoms with Crippen LogP contribution in [-0.2, 0) is 10.0 Å². The third-order valence-electron chi connectivity index (χ3n) is 7.23. The zero-order chi connectivity index (χ0) is 27.9. The molecule has 1 aliphatic heterocycles. The molecule has 5 rings (SSSR count). The number of sulfonamides is 1. The van der Waals surface area contributed by atoms with Crippen molar-refractivity contribution in [3.8, 4) is 17.1 Å². The molecule has 1 saturated carbocycles. The Kier molecular flexibility index (Phi) is 10.4. The number of hydrogen-bond acceptors (Lipinski definition) is 6. The molecule has 0 saturated heterocycles. The normalized spacial score (nSPS) is 18.6. The van der Waals surface area contributed by atoms with E-state index in [-0.39, 0.29) is 86.7 Å². The third kappa shape index (κ3) is 7.33. The Balaban J connectivity index is 0.00000205. The molecule has 0 spiro atoms. The number of benzene rings is 2. The minimum Gasteiger partial charge on any atom is -0.475 e. The maximum Gasteiger partial charge on any atom is 2.00 e. The van der Waals surface area contributed by atoms with Crippen molar-refractivity contribution in [1.82, 2.24) is 14.9 Å². The number of rotatable bonds is 3. The van der Waals surface area contributed by atoms with Crippen LogP contribution in [-0.4, -0.2) is 47.9 Å². The Labute approximate surface area is 269 Å². The maximum absolute atomic E-state index is 14.0. The summed E-state index contributed by atoms with van der Waals surface area (Å²) < 4.78 is 35.7. The first-order valence-electron chi connectivity index (χ1n) is 13.3. The fourth-order valence-electron chi connectivity index (χ4n) is 5.31. The summed E-state index contributed by atoms with van der Waals surface area (Å²) >= 11 is 0. The van der Waals surface area contributed by atoms with E-state index in [0.717, 1.165) is 29.5 Å². The number of anilines is 1. The number of nitrogens with zero attached hydrogens (tertiary/aromatic N) is 3. The number of carbonyl (C=O) groups excluding carboxylic acids is 1. The van der Waals surface area contributed by atoms with Gasteiger partial charge in [0.05, 0.1) is 16.6 Å². The molecule has 2 heterocycles. The monoisotopic (exact) mass is 802 g/mol. The van der Waals surface area contributed by atoms with Crippen LogP contribution in [0.15, 0.2) is 53.4 Å². The van der Waals surface area contributed by atoms with Crippen LogP contribution in [0.2, 0.25) is 0 Å². The van der Waals surface area contributed by atoms with Crippen molar-refractivity contribution in [3.05, 3.63) is 79.1 Å². The van der Waals surface area contributed by atoms with E-state index in [4.69, 9.17) is 4.74 Å². The summed E-state index contributed by atoms with van der Waals surface area (Å²) in [5, 5.41) is 0. The van der Waals surface area contributed by atoms with Crippen molar-refractivity contribution in [2.24, 2.45) is 5.41 Å². The van der Waals surface area contributed by atoms with Crippen LogP contribution in [0.4, 0.5) is 5.95 Å². The predicted octanol–water partition coefficient (Wildman–Crippen LogP) is 6.26. The first-order valence-corrected chi connectivity index (χ1v) is 14.8. The number of hydrogen-bond donors (Lipinski definition) is 1. The fourth-order valence-corrected chi connectivity index (χ4v) is 6.30. The van der Waals surface area contributed by atoms with E-state index >= 15 is 0 Å². The fraction of sp³-hybridized carbons (Fsp3) is 0.387. The number of carbonyl (C=O) groups is 1. The molecule has 1 aliphatic carbocycles. The molecule has 1 fully saturated rings. The molecule has 1 amide bonds. The molecule has 1 N–H and O–H groups in total. The first kappa shape index (κ1) is 33.1. The zero-order valence-corrected chi connectivity index (χ0v) is 29.5. The first-order chi connectivity index (χ1) is 18.4. The van der Waals surface area contributed by atoms with Crippen LogP contribution >= 0.6 is 0 Å². The largest absolute Gasteiger partial charge is 2.00 e. The molecule has 0 unspecified atom stereocenters. The summed E-state index contributed by atoms with van der Waals surface area (Å²) in [7, 11) is -4.08. The minimum absolute atomic E-state index is 0. The molecule has 1 aromatic heterocycles. The van der Waals surface area contributed by atoms with Crippen molar-refractivity contribution in [2.45, 2.75) is 70.9 Å². The Morgan fingerprint density at radius 3 is 2.34 bits per heavy atom. The van der Waals surface area contributed by atoms with Gasteiger partial charge in [-0.05, 0) is 61.1 Å². The van der Waals surface area contributed by atoms with Crippen LogP contribution in [0.1, 0.15) is 62.9 Å². The number of amides is 1. The molecule has 8 nitrogen and oxygen atoms in total. The second-order valence-electron chi connectivity index (χ2n) is 11.7. The van der Waals surface area contributed by atoms with E-state index in [2.05, 4.69) is 41.9 Å². The van der Waals surface area contributed by atoms with Gasteiger partial charge in [0.2, 0.25) is 11.8 Å². The van der Waals surface area contributed by atoms with E-state index in [1.54, 1.807) is 18.2 Å². The minimum atomic E-state index is -4.08. The maximum atomic E-state index is 14.0. The van der Waals surface area contributed by atoms with Crippen molar-refractivity contribution < 1.29 is 50.5 Å². The number of ether oxygens (including phenoxy) is 1. The number of nitrogens with one attached hydrogen (secondary N) is 1. The van der Waals surface area contributed by atoms with Gasteiger partial charge >= 0.3 is 31.1 Å². The molecule has 3 aromatic rings. The van der Waals surface area contributed by atoms with Crippen LogP contribution in [0.3, 0.4) is 0 Å². The van der Waals surface area contributed by atoms with Crippen LogP contribution < -0.4 is 9.46 Å². The molecule has 10 heteroatoms. The van der Waals surface area contributed by atoms with Gasteiger partial charge in [-0.2, -0.15) is 17.8 Å². The summed E-state index contributed by atoms with van der Waals surface area (Å²) in [6.45, 7) is 10.6. The quantitative estimate of drug-likeness (QED) is 0.314. The topological polar surface area (TPSA) is 101 Å². The molecule has 218 valence electrons. The smallest absolute Gasteiger partial charge is 0.475 e. The molecule has 2 aliphatic rings. The Bertz CT molecular complexity index is 1500. The zero-order valence-electron chi connectivity index (χ0n) is 24.6. The number of fused-ring (bicyclic) bond motifs is 4. The summed E-state index contributed by atoms with van der Waals surface area (Å²) in [4.78, 5) is 24.9. The average Bonchev–Trinajstić information content (AvgIpc) is 2.82. The molecule has 2 aromatic carbocycles. The van der Waals surface area contributed by atoms with Crippen molar-refractivity contribution in [3.63, 3.8) is 0 Å². The second kappa shape index (κ2) is 12.8. The number of aromatic nitrogens is 2. The van der Waals surface area contributed by atoms with Crippen LogP contribution in [0, 0.1) is 64.2 Å². The molecule has 0 radical (unpaired) electrons. The Hall–Kier alpha value is -2.41. The van der Waals surface area contributed by atoms with Crippen molar-refractivity contribution >= 4 is 21.9 Å². The standard InChI is InChI=1S/C30H35N4O4S.CH3.U.H2/c1-19-9-6-10-20(2)27(19)25-16-26-32-29(31-25)33-39(36,37)24-14-7-11-21(15-24)28(35)34(22-12-8-13-22)23(18-38-26)17-30(3,4)5;;;/h6-11,14-16,22-23H,12-13,17-18H2,1-5H3,(H,31,32,33);1H3;;1H/q2*-1;+2;/t23-;;;/m1.../s1. The van der Waals surface area contributed by atoms with Gasteiger partial charge in [-0.15, -0.1) is 0 Å². The average molecular weight is 803 g/mol. The SMILES string of the molecule is Cc1cccc(C)c1-c1cc2nc(n1)NS(=O)(=O)c1cccc(c1)C(=O)N(C1C[CH-]C1)[C@H](CC(C)(C)C)CO2.[CH3-].[HH].[U+2]. The third-order valence-corrected chi connectivity index (χ3v) is 8.55. The van der Waals surface area contributed by atoms with E-state index < -0.39 is 10.0 Å².